The average Bonchev–Trinajstić information content (AvgIpc) is 3.19. The lowest BCUT2D eigenvalue weighted by Crippen LogP contribution is -2.31. The van der Waals surface area contributed by atoms with Crippen molar-refractivity contribution in [3.05, 3.63) is 41.2 Å². The Hall–Kier alpha value is -2.50. The van der Waals surface area contributed by atoms with E-state index in [4.69, 9.17) is 9.47 Å². The number of rotatable bonds is 3. The number of carbonyl (C=O) groups is 1. The summed E-state index contributed by atoms with van der Waals surface area (Å²) < 4.78 is 11.3. The Morgan fingerprint density at radius 3 is 2.80 bits per heavy atom. The van der Waals surface area contributed by atoms with Crippen LogP contribution < -0.4 is 9.47 Å². The van der Waals surface area contributed by atoms with E-state index in [1.165, 1.54) is 12.8 Å². The number of nitrogens with one attached hydrogen (secondary N) is 1. The Kier molecular flexibility index (Phi) is 3.43. The van der Waals surface area contributed by atoms with Crippen LogP contribution in [0.15, 0.2) is 24.3 Å². The van der Waals surface area contributed by atoms with Crippen molar-refractivity contribution in [1.82, 2.24) is 15.1 Å². The molecule has 1 saturated carbocycles. The molecule has 130 valence electrons. The van der Waals surface area contributed by atoms with Crippen molar-refractivity contribution in [2.24, 2.45) is 0 Å². The molecule has 0 bridgehead atoms. The lowest BCUT2D eigenvalue weighted by Gasteiger charge is -2.26. The minimum atomic E-state index is 0.0144. The zero-order valence-electron chi connectivity index (χ0n) is 14.0. The third-order valence-corrected chi connectivity index (χ3v) is 5.30. The van der Waals surface area contributed by atoms with Crippen molar-refractivity contribution < 1.29 is 14.3 Å². The first-order chi connectivity index (χ1) is 12.3. The van der Waals surface area contributed by atoms with E-state index >= 15 is 0 Å². The van der Waals surface area contributed by atoms with Gasteiger partial charge in [-0.2, -0.15) is 5.10 Å². The molecular formula is C19H21N3O3. The number of H-pyrrole nitrogens is 1. The van der Waals surface area contributed by atoms with Crippen LogP contribution in [0.3, 0.4) is 0 Å². The maximum Gasteiger partial charge on any atom is 0.274 e. The summed E-state index contributed by atoms with van der Waals surface area (Å²) in [5.74, 6) is 2.15. The van der Waals surface area contributed by atoms with Crippen molar-refractivity contribution in [2.75, 3.05) is 19.8 Å². The topological polar surface area (TPSA) is 67.5 Å². The third kappa shape index (κ3) is 2.65. The number of amides is 1. The van der Waals surface area contributed by atoms with Crippen molar-refractivity contribution in [3.63, 3.8) is 0 Å². The van der Waals surface area contributed by atoms with Crippen molar-refractivity contribution in [1.29, 1.82) is 0 Å². The summed E-state index contributed by atoms with van der Waals surface area (Å²) in [6, 6.07) is 8.02. The number of benzene rings is 1. The van der Waals surface area contributed by atoms with E-state index in [9.17, 15) is 4.79 Å². The first-order valence-corrected chi connectivity index (χ1v) is 9.05. The SMILES string of the molecule is O=C(c1cc(C2CC2)[nH]n1)N1CCCC1c1ccc2c(c1)OCCO2. The zero-order valence-corrected chi connectivity index (χ0v) is 14.0. The molecule has 1 N–H and O–H groups in total. The van der Waals surface area contributed by atoms with Gasteiger partial charge in [-0.3, -0.25) is 9.89 Å². The van der Waals surface area contributed by atoms with Gasteiger partial charge in [-0.25, -0.2) is 0 Å². The number of hydrogen-bond donors (Lipinski definition) is 1. The largest absolute Gasteiger partial charge is 0.486 e. The van der Waals surface area contributed by atoms with E-state index in [1.54, 1.807) is 0 Å². The summed E-state index contributed by atoms with van der Waals surface area (Å²) in [6.07, 6.45) is 4.36. The van der Waals surface area contributed by atoms with Crippen LogP contribution in [-0.4, -0.2) is 40.8 Å². The fourth-order valence-corrected chi connectivity index (χ4v) is 3.82. The van der Waals surface area contributed by atoms with Gasteiger partial charge in [-0.1, -0.05) is 6.07 Å². The fraction of sp³-hybridized carbons (Fsp3) is 0.474. The molecule has 0 spiro atoms. The van der Waals surface area contributed by atoms with Gasteiger partial charge in [0.15, 0.2) is 11.5 Å². The van der Waals surface area contributed by atoms with Gasteiger partial charge in [0.1, 0.15) is 18.9 Å². The smallest absolute Gasteiger partial charge is 0.274 e. The number of ether oxygens (including phenoxy) is 2. The predicted octanol–water partition coefficient (Wildman–Crippen LogP) is 3.04. The van der Waals surface area contributed by atoms with Gasteiger partial charge in [0.05, 0.1) is 6.04 Å². The molecule has 1 aromatic heterocycles. The summed E-state index contributed by atoms with van der Waals surface area (Å²) in [5.41, 5.74) is 2.73. The molecule has 1 unspecified atom stereocenters. The maximum atomic E-state index is 13.0. The molecule has 1 saturated heterocycles. The quantitative estimate of drug-likeness (QED) is 0.933. The standard InChI is InChI=1S/C19H21N3O3/c23-19(15-11-14(20-21-15)12-3-4-12)22-7-1-2-16(22)13-5-6-17-18(10-13)25-9-8-24-17/h5-6,10-12,16H,1-4,7-9H2,(H,20,21). The van der Waals surface area contributed by atoms with Gasteiger partial charge in [0, 0.05) is 18.2 Å². The highest BCUT2D eigenvalue weighted by Crippen LogP contribution is 2.40. The maximum absolute atomic E-state index is 13.0. The highest BCUT2D eigenvalue weighted by molar-refractivity contribution is 5.93. The molecule has 0 radical (unpaired) electrons. The van der Waals surface area contributed by atoms with E-state index in [1.807, 2.05) is 29.2 Å². The Bertz CT molecular complexity index is 812. The monoisotopic (exact) mass is 339 g/mol. The molecule has 1 atom stereocenters. The number of aromatic nitrogens is 2. The minimum absolute atomic E-state index is 0.0144. The van der Waals surface area contributed by atoms with E-state index in [0.717, 1.165) is 42.1 Å². The van der Waals surface area contributed by atoms with Crippen LogP contribution in [-0.2, 0) is 0 Å². The van der Waals surface area contributed by atoms with Crippen LogP contribution in [0.1, 0.15) is 59.4 Å². The summed E-state index contributed by atoms with van der Waals surface area (Å²) in [5, 5.41) is 7.29. The molecule has 6 nitrogen and oxygen atoms in total. The second-order valence-corrected chi connectivity index (χ2v) is 7.04. The number of hydrogen-bond acceptors (Lipinski definition) is 4. The molecule has 3 heterocycles. The van der Waals surface area contributed by atoms with Crippen LogP contribution in [0.4, 0.5) is 0 Å². The first-order valence-electron chi connectivity index (χ1n) is 9.05. The Balaban J connectivity index is 1.40. The van der Waals surface area contributed by atoms with E-state index in [-0.39, 0.29) is 11.9 Å². The highest BCUT2D eigenvalue weighted by Gasteiger charge is 2.33. The Labute approximate surface area is 146 Å². The van der Waals surface area contributed by atoms with Crippen LogP contribution >= 0.6 is 0 Å². The fourth-order valence-electron chi connectivity index (χ4n) is 3.82. The molecule has 25 heavy (non-hydrogen) atoms. The van der Waals surface area contributed by atoms with Gasteiger partial charge < -0.3 is 14.4 Å². The summed E-state index contributed by atoms with van der Waals surface area (Å²) in [6.45, 7) is 1.92. The van der Waals surface area contributed by atoms with Gasteiger partial charge in [-0.15, -0.1) is 0 Å². The molecule has 1 aliphatic carbocycles. The lowest BCUT2D eigenvalue weighted by molar-refractivity contribution is 0.0729. The van der Waals surface area contributed by atoms with Crippen LogP contribution in [0.25, 0.3) is 0 Å². The number of fused-ring (bicyclic) bond motifs is 1. The van der Waals surface area contributed by atoms with Gasteiger partial charge >= 0.3 is 0 Å². The van der Waals surface area contributed by atoms with Crippen molar-refractivity contribution in [3.8, 4) is 11.5 Å². The molecule has 5 rings (SSSR count). The second-order valence-electron chi connectivity index (χ2n) is 7.04. The van der Waals surface area contributed by atoms with E-state index in [2.05, 4.69) is 10.2 Å². The third-order valence-electron chi connectivity index (χ3n) is 5.30. The lowest BCUT2D eigenvalue weighted by atomic mass is 10.0. The summed E-state index contributed by atoms with van der Waals surface area (Å²) >= 11 is 0. The van der Waals surface area contributed by atoms with Gasteiger partial charge in [0.2, 0.25) is 0 Å². The number of nitrogens with zero attached hydrogens (tertiary/aromatic N) is 2. The molecule has 6 heteroatoms. The van der Waals surface area contributed by atoms with E-state index in [0.29, 0.717) is 24.8 Å². The number of likely N-dealkylation sites (tertiary alicyclic amines) is 1. The first kappa shape index (κ1) is 14.8. The molecule has 1 amide bonds. The molecule has 2 aromatic rings. The number of aromatic amines is 1. The normalized spacial score (nSPS) is 22.2. The second kappa shape index (κ2) is 5.79. The summed E-state index contributed by atoms with van der Waals surface area (Å²) in [7, 11) is 0. The molecule has 1 aromatic carbocycles. The van der Waals surface area contributed by atoms with Gasteiger partial charge in [-0.05, 0) is 49.4 Å². The molecule has 2 aliphatic heterocycles. The van der Waals surface area contributed by atoms with Crippen LogP contribution in [0.2, 0.25) is 0 Å². The molecule has 2 fully saturated rings. The van der Waals surface area contributed by atoms with Crippen molar-refractivity contribution in [2.45, 2.75) is 37.6 Å². The Morgan fingerprint density at radius 2 is 1.96 bits per heavy atom. The Morgan fingerprint density at radius 1 is 1.12 bits per heavy atom. The predicted molar refractivity (Wildman–Crippen MR) is 91.0 cm³/mol. The van der Waals surface area contributed by atoms with Crippen LogP contribution in [0, 0.1) is 0 Å². The molecular weight excluding hydrogens is 318 g/mol. The summed E-state index contributed by atoms with van der Waals surface area (Å²) in [4.78, 5) is 14.9. The van der Waals surface area contributed by atoms with Crippen molar-refractivity contribution >= 4 is 5.91 Å². The van der Waals surface area contributed by atoms with Crippen LogP contribution in [0.5, 0.6) is 11.5 Å². The zero-order chi connectivity index (χ0) is 16.8. The average molecular weight is 339 g/mol. The highest BCUT2D eigenvalue weighted by atomic mass is 16.6. The van der Waals surface area contributed by atoms with E-state index < -0.39 is 0 Å². The minimum Gasteiger partial charge on any atom is -0.486 e. The molecule has 3 aliphatic rings. The number of carbonyl (C=O) groups excluding carboxylic acids is 1. The van der Waals surface area contributed by atoms with Gasteiger partial charge in [0.25, 0.3) is 5.91 Å².